The largest absolute Gasteiger partial charge is 0.508 e. The zero-order chi connectivity index (χ0) is 24.5. The highest BCUT2D eigenvalue weighted by Gasteiger charge is 2.55. The van der Waals surface area contributed by atoms with E-state index in [-0.39, 0.29) is 45.5 Å². The number of hydrogen-bond donors (Lipinski definition) is 4. The van der Waals surface area contributed by atoms with Crippen LogP contribution in [0.3, 0.4) is 0 Å². The quantitative estimate of drug-likeness (QED) is 0.251. The number of esters is 1. The van der Waals surface area contributed by atoms with Crippen LogP contribution in [0.5, 0.6) is 28.9 Å². The van der Waals surface area contributed by atoms with Crippen LogP contribution in [0.15, 0.2) is 53.3 Å². The molecule has 1 unspecified atom stereocenters. The van der Waals surface area contributed by atoms with Gasteiger partial charge < -0.3 is 30.2 Å². The number of nitrogens with two attached hydrogens (primary N) is 1. The summed E-state index contributed by atoms with van der Waals surface area (Å²) in [4.78, 5) is 25.7. The molecule has 6 rings (SSSR count). The van der Waals surface area contributed by atoms with E-state index in [1.807, 2.05) is 0 Å². The van der Waals surface area contributed by atoms with E-state index in [0.29, 0.717) is 16.7 Å². The second-order valence-corrected chi connectivity index (χ2v) is 7.98. The maximum Gasteiger partial charge on any atom is 0.340 e. The number of carbonyl (C=O) groups is 1. The SMILES string of the molecule is COc1nn[nH]c(=O)c1-c1c(O)cc2c(c1N)C1(OC(=O)c3ccccc31)c1ccc(O)cc1O2. The smallest absolute Gasteiger partial charge is 0.340 e. The van der Waals surface area contributed by atoms with Crippen LogP contribution in [0, 0.1) is 0 Å². The van der Waals surface area contributed by atoms with Crippen LogP contribution in [0.4, 0.5) is 5.69 Å². The van der Waals surface area contributed by atoms with Crippen LogP contribution < -0.4 is 20.8 Å². The first kappa shape index (κ1) is 20.5. The van der Waals surface area contributed by atoms with Gasteiger partial charge in [0.1, 0.15) is 28.6 Å². The first-order valence-electron chi connectivity index (χ1n) is 10.4. The van der Waals surface area contributed by atoms with E-state index in [1.54, 1.807) is 30.3 Å². The van der Waals surface area contributed by atoms with Gasteiger partial charge in [0, 0.05) is 23.3 Å². The van der Waals surface area contributed by atoms with Crippen molar-refractivity contribution < 1.29 is 29.2 Å². The second kappa shape index (κ2) is 6.97. The Hall–Kier alpha value is -5.06. The first-order chi connectivity index (χ1) is 16.9. The zero-order valence-corrected chi connectivity index (χ0v) is 18.0. The van der Waals surface area contributed by atoms with Crippen molar-refractivity contribution in [2.45, 2.75) is 5.60 Å². The molecule has 0 amide bonds. The third-order valence-corrected chi connectivity index (χ3v) is 6.17. The summed E-state index contributed by atoms with van der Waals surface area (Å²) in [5.41, 5.74) is 5.38. The Labute approximate surface area is 196 Å². The van der Waals surface area contributed by atoms with Gasteiger partial charge in [-0.2, -0.15) is 0 Å². The van der Waals surface area contributed by atoms with Crippen LogP contribution in [0.1, 0.15) is 27.0 Å². The number of rotatable bonds is 2. The number of phenolic OH excluding ortho intramolecular Hbond substituents is 2. The van der Waals surface area contributed by atoms with Crippen LogP contribution in [-0.4, -0.2) is 38.7 Å². The van der Waals surface area contributed by atoms with Crippen molar-refractivity contribution in [3.8, 4) is 40.0 Å². The van der Waals surface area contributed by atoms with Crippen LogP contribution in [-0.2, 0) is 10.3 Å². The molecule has 0 aliphatic carbocycles. The van der Waals surface area contributed by atoms with Crippen molar-refractivity contribution in [3.63, 3.8) is 0 Å². The van der Waals surface area contributed by atoms with Gasteiger partial charge in [0.15, 0.2) is 5.60 Å². The number of fused-ring (bicyclic) bond motifs is 6. The van der Waals surface area contributed by atoms with Gasteiger partial charge in [-0.15, -0.1) is 0 Å². The molecule has 0 bridgehead atoms. The van der Waals surface area contributed by atoms with Gasteiger partial charge in [-0.1, -0.05) is 28.5 Å². The van der Waals surface area contributed by atoms with Gasteiger partial charge in [-0.3, -0.25) is 4.79 Å². The molecule has 0 radical (unpaired) electrons. The third kappa shape index (κ3) is 2.60. The number of carbonyl (C=O) groups excluding carboxylic acids is 1. The number of aromatic nitrogens is 3. The van der Waals surface area contributed by atoms with E-state index in [9.17, 15) is 19.8 Å². The molecule has 0 saturated carbocycles. The lowest BCUT2D eigenvalue weighted by Crippen LogP contribution is -2.34. The normalized spacial score (nSPS) is 17.2. The molecule has 11 heteroatoms. The molecule has 1 atom stereocenters. The molecule has 5 N–H and O–H groups in total. The number of nitrogen functional groups attached to an aromatic ring is 1. The molecular formula is C24H16N4O7. The van der Waals surface area contributed by atoms with Gasteiger partial charge in [-0.25, -0.2) is 9.89 Å². The summed E-state index contributed by atoms with van der Waals surface area (Å²) >= 11 is 0. The maximum atomic E-state index is 13.0. The fraction of sp³-hybridized carbons (Fsp3) is 0.0833. The summed E-state index contributed by atoms with van der Waals surface area (Å²) in [6.07, 6.45) is 0. The van der Waals surface area contributed by atoms with Crippen molar-refractivity contribution in [2.75, 3.05) is 12.8 Å². The topological polar surface area (TPSA) is 170 Å². The van der Waals surface area contributed by atoms with E-state index in [0.717, 1.165) is 0 Å². The summed E-state index contributed by atoms with van der Waals surface area (Å²) in [6.45, 7) is 0. The summed E-state index contributed by atoms with van der Waals surface area (Å²) in [5.74, 6) is -0.973. The Morgan fingerprint density at radius 3 is 2.63 bits per heavy atom. The zero-order valence-electron chi connectivity index (χ0n) is 18.0. The molecule has 0 fully saturated rings. The monoisotopic (exact) mass is 472 g/mol. The minimum absolute atomic E-state index is 0.0729. The van der Waals surface area contributed by atoms with E-state index in [4.69, 9.17) is 19.9 Å². The molecular weight excluding hydrogens is 456 g/mol. The van der Waals surface area contributed by atoms with Crippen LogP contribution >= 0.6 is 0 Å². The Morgan fingerprint density at radius 1 is 1.03 bits per heavy atom. The highest BCUT2D eigenvalue weighted by Crippen LogP contribution is 2.60. The molecule has 1 spiro atoms. The lowest BCUT2D eigenvalue weighted by Gasteiger charge is -2.37. The Kier molecular flexibility index (Phi) is 4.09. The van der Waals surface area contributed by atoms with Gasteiger partial charge in [0.25, 0.3) is 5.56 Å². The van der Waals surface area contributed by atoms with Crippen LogP contribution in [0.2, 0.25) is 0 Å². The minimum atomic E-state index is -1.59. The van der Waals surface area contributed by atoms with Crippen molar-refractivity contribution >= 4 is 11.7 Å². The first-order valence-corrected chi connectivity index (χ1v) is 10.4. The summed E-state index contributed by atoms with van der Waals surface area (Å²) in [6, 6.07) is 12.4. The predicted molar refractivity (Wildman–Crippen MR) is 121 cm³/mol. The lowest BCUT2D eigenvalue weighted by molar-refractivity contribution is 0.0227. The number of phenols is 2. The number of benzene rings is 3. The number of aromatic hydroxyl groups is 2. The molecule has 35 heavy (non-hydrogen) atoms. The second-order valence-electron chi connectivity index (χ2n) is 7.98. The van der Waals surface area contributed by atoms with Crippen molar-refractivity contribution in [3.05, 3.63) is 81.1 Å². The number of H-pyrrole nitrogens is 1. The summed E-state index contributed by atoms with van der Waals surface area (Å²) in [5, 5.41) is 30.5. The molecule has 2 aliphatic heterocycles. The number of ether oxygens (including phenoxy) is 3. The Balaban J connectivity index is 1.76. The standard InChI is InChI=1S/C24H16N4O7/c1-33-22-18(21(31)26-28-27-22)17-14(30)9-16-19(20(17)25)24(13-7-6-10(29)8-15(13)34-16)12-5-3-2-4-11(12)23(32)35-24/h2-9,29-30H,25H2,1H3,(H,26,27,31). The number of nitrogens with one attached hydrogen (secondary N) is 1. The lowest BCUT2D eigenvalue weighted by atomic mass is 9.76. The molecule has 4 aromatic rings. The average molecular weight is 472 g/mol. The fourth-order valence-corrected chi connectivity index (χ4v) is 4.80. The Bertz CT molecular complexity index is 1630. The molecule has 1 aromatic heterocycles. The van der Waals surface area contributed by atoms with E-state index >= 15 is 0 Å². The van der Waals surface area contributed by atoms with Gasteiger partial charge in [-0.05, 0) is 18.2 Å². The Morgan fingerprint density at radius 2 is 1.83 bits per heavy atom. The van der Waals surface area contributed by atoms with E-state index in [1.165, 1.54) is 25.3 Å². The highest BCUT2D eigenvalue weighted by atomic mass is 16.6. The number of nitrogens with zero attached hydrogens (tertiary/aromatic N) is 2. The molecule has 2 aliphatic rings. The molecule has 3 aromatic carbocycles. The molecule has 0 saturated heterocycles. The molecule has 3 heterocycles. The third-order valence-electron chi connectivity index (χ3n) is 6.17. The van der Waals surface area contributed by atoms with Crippen LogP contribution in [0.25, 0.3) is 11.1 Å². The number of methoxy groups -OCH3 is 1. The maximum absolute atomic E-state index is 13.0. The average Bonchev–Trinajstić information content (AvgIpc) is 3.12. The van der Waals surface area contributed by atoms with E-state index < -0.39 is 22.9 Å². The summed E-state index contributed by atoms with van der Waals surface area (Å²) in [7, 11) is 1.29. The highest BCUT2D eigenvalue weighted by molar-refractivity contribution is 5.99. The number of hydrogen-bond acceptors (Lipinski definition) is 10. The summed E-state index contributed by atoms with van der Waals surface area (Å²) < 4.78 is 17.2. The molecule has 174 valence electrons. The van der Waals surface area contributed by atoms with Gasteiger partial charge >= 0.3 is 5.97 Å². The minimum Gasteiger partial charge on any atom is -0.508 e. The van der Waals surface area contributed by atoms with Gasteiger partial charge in [0.2, 0.25) is 5.88 Å². The van der Waals surface area contributed by atoms with Crippen molar-refractivity contribution in [2.24, 2.45) is 0 Å². The van der Waals surface area contributed by atoms with E-state index in [2.05, 4.69) is 15.4 Å². The van der Waals surface area contributed by atoms with Crippen molar-refractivity contribution in [1.29, 1.82) is 0 Å². The number of anilines is 1. The number of aromatic amines is 1. The fourth-order valence-electron chi connectivity index (χ4n) is 4.80. The van der Waals surface area contributed by atoms with Crippen molar-refractivity contribution in [1.82, 2.24) is 15.4 Å². The molecule has 11 nitrogen and oxygen atoms in total. The van der Waals surface area contributed by atoms with Gasteiger partial charge in [0.05, 0.1) is 29.5 Å². The predicted octanol–water partition coefficient (Wildman–Crippen LogP) is 2.40.